The molecule has 0 radical (unpaired) electrons. The molecule has 5 heteroatoms. The van der Waals surface area contributed by atoms with E-state index in [0.717, 1.165) is 38.2 Å². The highest BCUT2D eigenvalue weighted by atomic mass is 35.5. The fraction of sp³-hybridized carbons (Fsp3) is 0.438. The lowest BCUT2D eigenvalue weighted by Gasteiger charge is -2.31. The molecule has 1 aliphatic heterocycles. The van der Waals surface area contributed by atoms with Gasteiger partial charge in [-0.2, -0.15) is 0 Å². The maximum absolute atomic E-state index is 12.2. The number of nitrogens with zero attached hydrogens (tertiary/aromatic N) is 1. The summed E-state index contributed by atoms with van der Waals surface area (Å²) in [6.45, 7) is 6.48. The Morgan fingerprint density at radius 1 is 1.48 bits per heavy atom. The Labute approximate surface area is 130 Å². The monoisotopic (exact) mass is 308 g/mol. The van der Waals surface area contributed by atoms with Gasteiger partial charge >= 0.3 is 6.03 Å². The van der Waals surface area contributed by atoms with Crippen LogP contribution in [-0.4, -0.2) is 37.2 Å². The molecule has 0 saturated carbocycles. The van der Waals surface area contributed by atoms with Crippen molar-refractivity contribution in [2.24, 2.45) is 5.92 Å². The third-order valence-corrected chi connectivity index (χ3v) is 3.80. The molecule has 0 atom stereocenters. The maximum atomic E-state index is 12.2. The van der Waals surface area contributed by atoms with Crippen LogP contribution in [0.2, 0.25) is 5.02 Å². The molecule has 1 N–H and O–H groups in total. The van der Waals surface area contributed by atoms with Gasteiger partial charge < -0.3 is 15.0 Å². The molecule has 114 valence electrons. The van der Waals surface area contributed by atoms with Crippen LogP contribution in [0, 0.1) is 5.92 Å². The lowest BCUT2D eigenvalue weighted by molar-refractivity contribution is 0.0906. The van der Waals surface area contributed by atoms with Crippen LogP contribution in [0.5, 0.6) is 0 Å². The van der Waals surface area contributed by atoms with E-state index in [2.05, 4.69) is 11.9 Å². The van der Waals surface area contributed by atoms with Crippen molar-refractivity contribution in [2.45, 2.75) is 12.8 Å². The van der Waals surface area contributed by atoms with Crippen molar-refractivity contribution < 1.29 is 9.53 Å². The van der Waals surface area contributed by atoms with Crippen LogP contribution < -0.4 is 5.32 Å². The standard InChI is InChI=1S/C16H21ClN2O2/c1-2-10-21-12-13-6-8-19(9-7-13)16(20)18-15-5-3-4-14(17)11-15/h2-5,11,13H,1,6-10,12H2,(H,18,20). The molecular formula is C16H21ClN2O2. The van der Waals surface area contributed by atoms with Crippen LogP contribution in [0.3, 0.4) is 0 Å². The van der Waals surface area contributed by atoms with E-state index in [-0.39, 0.29) is 6.03 Å². The van der Waals surface area contributed by atoms with E-state index in [1.807, 2.05) is 17.0 Å². The molecule has 1 aliphatic rings. The summed E-state index contributed by atoms with van der Waals surface area (Å²) in [6, 6.07) is 7.12. The molecule has 1 fully saturated rings. The van der Waals surface area contributed by atoms with Gasteiger partial charge in [-0.05, 0) is 37.0 Å². The fourth-order valence-corrected chi connectivity index (χ4v) is 2.58. The summed E-state index contributed by atoms with van der Waals surface area (Å²) in [7, 11) is 0. The summed E-state index contributed by atoms with van der Waals surface area (Å²) in [5.74, 6) is 0.528. The van der Waals surface area contributed by atoms with Gasteiger partial charge in [-0.3, -0.25) is 0 Å². The van der Waals surface area contributed by atoms with E-state index >= 15 is 0 Å². The van der Waals surface area contributed by atoms with Crippen molar-refractivity contribution in [2.75, 3.05) is 31.6 Å². The van der Waals surface area contributed by atoms with Crippen LogP contribution in [-0.2, 0) is 4.74 Å². The molecule has 1 aromatic rings. The molecule has 2 amide bonds. The molecule has 0 spiro atoms. The molecule has 0 unspecified atom stereocenters. The minimum absolute atomic E-state index is 0.0669. The van der Waals surface area contributed by atoms with Crippen LogP contribution >= 0.6 is 11.6 Å². The Morgan fingerprint density at radius 2 is 2.24 bits per heavy atom. The Kier molecular flexibility index (Phi) is 6.08. The largest absolute Gasteiger partial charge is 0.377 e. The quantitative estimate of drug-likeness (QED) is 0.664. The molecule has 0 aromatic heterocycles. The first kappa shape index (κ1) is 15.9. The second-order valence-corrected chi connectivity index (χ2v) is 5.63. The van der Waals surface area contributed by atoms with Gasteiger partial charge in [0.15, 0.2) is 0 Å². The summed E-state index contributed by atoms with van der Waals surface area (Å²) in [5.41, 5.74) is 0.726. The summed E-state index contributed by atoms with van der Waals surface area (Å²) in [5, 5.41) is 3.49. The fourth-order valence-electron chi connectivity index (χ4n) is 2.39. The number of ether oxygens (including phenoxy) is 1. The third kappa shape index (κ3) is 5.06. The average molecular weight is 309 g/mol. The smallest absolute Gasteiger partial charge is 0.321 e. The van der Waals surface area contributed by atoms with Crippen molar-refractivity contribution in [3.8, 4) is 0 Å². The van der Waals surface area contributed by atoms with Crippen molar-refractivity contribution in [1.82, 2.24) is 4.90 Å². The van der Waals surface area contributed by atoms with Gasteiger partial charge in [0.2, 0.25) is 0 Å². The zero-order valence-corrected chi connectivity index (χ0v) is 12.8. The molecule has 1 heterocycles. The number of carbonyl (C=O) groups excluding carboxylic acids is 1. The van der Waals surface area contributed by atoms with E-state index < -0.39 is 0 Å². The van der Waals surface area contributed by atoms with Gasteiger partial charge in [-0.15, -0.1) is 6.58 Å². The molecule has 1 aromatic carbocycles. The second kappa shape index (κ2) is 8.05. The Hall–Kier alpha value is -1.52. The number of amides is 2. The predicted octanol–water partition coefficient (Wildman–Crippen LogP) is 3.79. The number of urea groups is 1. The van der Waals surface area contributed by atoms with E-state index in [1.54, 1.807) is 18.2 Å². The third-order valence-electron chi connectivity index (χ3n) is 3.57. The Bertz CT molecular complexity index is 485. The van der Waals surface area contributed by atoms with E-state index in [1.165, 1.54) is 0 Å². The van der Waals surface area contributed by atoms with Crippen molar-refractivity contribution in [3.63, 3.8) is 0 Å². The van der Waals surface area contributed by atoms with E-state index in [0.29, 0.717) is 17.5 Å². The topological polar surface area (TPSA) is 41.6 Å². The highest BCUT2D eigenvalue weighted by Crippen LogP contribution is 2.20. The SMILES string of the molecule is C=CCOCC1CCN(C(=O)Nc2cccc(Cl)c2)CC1. The van der Waals surface area contributed by atoms with E-state index in [4.69, 9.17) is 16.3 Å². The number of halogens is 1. The highest BCUT2D eigenvalue weighted by Gasteiger charge is 2.22. The number of carbonyl (C=O) groups is 1. The number of anilines is 1. The van der Waals surface area contributed by atoms with Crippen molar-refractivity contribution >= 4 is 23.3 Å². The first-order chi connectivity index (χ1) is 10.2. The number of nitrogens with one attached hydrogen (secondary N) is 1. The molecule has 0 aliphatic carbocycles. The van der Waals surface area contributed by atoms with Gasteiger partial charge in [0, 0.05) is 30.4 Å². The highest BCUT2D eigenvalue weighted by molar-refractivity contribution is 6.30. The number of likely N-dealkylation sites (tertiary alicyclic amines) is 1. The first-order valence-corrected chi connectivity index (χ1v) is 7.57. The van der Waals surface area contributed by atoms with Crippen LogP contribution in [0.15, 0.2) is 36.9 Å². The normalized spacial score (nSPS) is 15.8. The Morgan fingerprint density at radius 3 is 2.90 bits per heavy atom. The van der Waals surface area contributed by atoms with Gasteiger partial charge in [0.1, 0.15) is 0 Å². The van der Waals surface area contributed by atoms with E-state index in [9.17, 15) is 4.79 Å². The van der Waals surface area contributed by atoms with Gasteiger partial charge in [0.05, 0.1) is 6.61 Å². The van der Waals surface area contributed by atoms with Crippen LogP contribution in [0.4, 0.5) is 10.5 Å². The van der Waals surface area contributed by atoms with Gasteiger partial charge in [-0.25, -0.2) is 4.79 Å². The van der Waals surface area contributed by atoms with Crippen LogP contribution in [0.1, 0.15) is 12.8 Å². The summed E-state index contributed by atoms with van der Waals surface area (Å²) < 4.78 is 5.48. The molecule has 4 nitrogen and oxygen atoms in total. The predicted molar refractivity (Wildman–Crippen MR) is 85.8 cm³/mol. The van der Waals surface area contributed by atoms with Crippen LogP contribution in [0.25, 0.3) is 0 Å². The lowest BCUT2D eigenvalue weighted by Crippen LogP contribution is -2.41. The number of rotatable bonds is 5. The average Bonchev–Trinajstić information content (AvgIpc) is 2.48. The molecule has 21 heavy (non-hydrogen) atoms. The number of hydrogen-bond donors (Lipinski definition) is 1. The maximum Gasteiger partial charge on any atom is 0.321 e. The summed E-state index contributed by atoms with van der Waals surface area (Å²) in [6.07, 6.45) is 3.70. The second-order valence-electron chi connectivity index (χ2n) is 5.20. The molecule has 0 bridgehead atoms. The zero-order chi connectivity index (χ0) is 15.1. The minimum atomic E-state index is -0.0669. The number of piperidine rings is 1. The molecule has 1 saturated heterocycles. The van der Waals surface area contributed by atoms with Crippen molar-refractivity contribution in [3.05, 3.63) is 41.9 Å². The summed E-state index contributed by atoms with van der Waals surface area (Å²) in [4.78, 5) is 14.0. The van der Waals surface area contributed by atoms with Crippen molar-refractivity contribution in [1.29, 1.82) is 0 Å². The Balaban J connectivity index is 1.76. The lowest BCUT2D eigenvalue weighted by atomic mass is 9.98. The van der Waals surface area contributed by atoms with Gasteiger partial charge in [0.25, 0.3) is 0 Å². The number of benzene rings is 1. The summed E-state index contributed by atoms with van der Waals surface area (Å²) >= 11 is 5.91. The first-order valence-electron chi connectivity index (χ1n) is 7.19. The minimum Gasteiger partial charge on any atom is -0.377 e. The zero-order valence-electron chi connectivity index (χ0n) is 12.1. The molecular weight excluding hydrogens is 288 g/mol. The van der Waals surface area contributed by atoms with Gasteiger partial charge in [-0.1, -0.05) is 23.7 Å². The molecule has 2 rings (SSSR count). The number of hydrogen-bond acceptors (Lipinski definition) is 2.